The summed E-state index contributed by atoms with van der Waals surface area (Å²) in [7, 11) is 1.94. The van der Waals surface area contributed by atoms with Gasteiger partial charge in [0.2, 0.25) is 0 Å². The lowest BCUT2D eigenvalue weighted by molar-refractivity contribution is 0.635. The third-order valence-electron chi connectivity index (χ3n) is 3.06. The molecule has 1 aromatic heterocycles. The molecule has 0 unspecified atom stereocenters. The standard InChI is InChI=1S/C13H18FN3/c1-17-11-7-5-6-10(14)13(11)16-12(17)8-3-2-4-9-15/h5-7H,2-4,8-9,15H2,1H3. The van der Waals surface area contributed by atoms with Crippen LogP contribution < -0.4 is 5.73 Å². The van der Waals surface area contributed by atoms with E-state index in [9.17, 15) is 4.39 Å². The molecule has 0 aliphatic carbocycles. The molecule has 2 N–H and O–H groups in total. The molecule has 0 aliphatic rings. The van der Waals surface area contributed by atoms with E-state index in [4.69, 9.17) is 5.73 Å². The number of para-hydroxylation sites is 1. The Balaban J connectivity index is 2.18. The molecule has 92 valence electrons. The normalized spacial score (nSPS) is 11.2. The Kier molecular flexibility index (Phi) is 3.74. The summed E-state index contributed by atoms with van der Waals surface area (Å²) in [5.41, 5.74) is 6.78. The zero-order chi connectivity index (χ0) is 12.3. The van der Waals surface area contributed by atoms with Crippen LogP contribution in [0.2, 0.25) is 0 Å². The van der Waals surface area contributed by atoms with E-state index in [1.165, 1.54) is 6.07 Å². The van der Waals surface area contributed by atoms with Crippen LogP contribution in [0.5, 0.6) is 0 Å². The van der Waals surface area contributed by atoms with Gasteiger partial charge in [0.15, 0.2) is 5.82 Å². The Hall–Kier alpha value is -1.42. The van der Waals surface area contributed by atoms with Crippen molar-refractivity contribution in [2.75, 3.05) is 6.54 Å². The molecular weight excluding hydrogens is 217 g/mol. The maximum Gasteiger partial charge on any atom is 0.151 e. The Morgan fingerprint density at radius 1 is 1.29 bits per heavy atom. The molecule has 0 atom stereocenters. The first-order valence-corrected chi connectivity index (χ1v) is 6.04. The minimum absolute atomic E-state index is 0.244. The number of imidazole rings is 1. The monoisotopic (exact) mass is 235 g/mol. The molecule has 0 aliphatic heterocycles. The number of aromatic nitrogens is 2. The van der Waals surface area contributed by atoms with Crippen molar-refractivity contribution >= 4 is 11.0 Å². The van der Waals surface area contributed by atoms with Gasteiger partial charge in [0, 0.05) is 13.5 Å². The molecule has 0 saturated carbocycles. The number of fused-ring (bicyclic) bond motifs is 1. The Bertz CT molecular complexity index is 505. The van der Waals surface area contributed by atoms with Crippen LogP contribution in [-0.2, 0) is 13.5 Å². The maximum atomic E-state index is 13.5. The zero-order valence-electron chi connectivity index (χ0n) is 10.1. The number of benzene rings is 1. The number of nitrogens with two attached hydrogens (primary N) is 1. The second-order valence-corrected chi connectivity index (χ2v) is 4.29. The van der Waals surface area contributed by atoms with Crippen LogP contribution in [-0.4, -0.2) is 16.1 Å². The van der Waals surface area contributed by atoms with Gasteiger partial charge in [-0.25, -0.2) is 9.37 Å². The summed E-state index contributed by atoms with van der Waals surface area (Å²) >= 11 is 0. The average Bonchev–Trinajstić information content (AvgIpc) is 2.65. The molecule has 2 aromatic rings. The maximum absolute atomic E-state index is 13.5. The third kappa shape index (κ3) is 2.47. The highest BCUT2D eigenvalue weighted by atomic mass is 19.1. The van der Waals surface area contributed by atoms with Crippen molar-refractivity contribution in [1.82, 2.24) is 9.55 Å². The van der Waals surface area contributed by atoms with Gasteiger partial charge in [-0.05, 0) is 31.5 Å². The molecule has 0 radical (unpaired) electrons. The minimum atomic E-state index is -0.244. The molecule has 17 heavy (non-hydrogen) atoms. The van der Waals surface area contributed by atoms with Gasteiger partial charge >= 0.3 is 0 Å². The highest BCUT2D eigenvalue weighted by Gasteiger charge is 2.10. The van der Waals surface area contributed by atoms with Crippen LogP contribution in [0.3, 0.4) is 0 Å². The largest absolute Gasteiger partial charge is 0.331 e. The number of halogens is 1. The van der Waals surface area contributed by atoms with Crippen molar-refractivity contribution in [3.63, 3.8) is 0 Å². The zero-order valence-corrected chi connectivity index (χ0v) is 10.1. The van der Waals surface area contributed by atoms with E-state index < -0.39 is 0 Å². The number of rotatable bonds is 5. The fourth-order valence-corrected chi connectivity index (χ4v) is 2.06. The lowest BCUT2D eigenvalue weighted by Crippen LogP contribution is -2.01. The number of nitrogens with zero attached hydrogens (tertiary/aromatic N) is 2. The average molecular weight is 235 g/mol. The third-order valence-corrected chi connectivity index (χ3v) is 3.06. The van der Waals surface area contributed by atoms with Crippen LogP contribution in [0.15, 0.2) is 18.2 Å². The lowest BCUT2D eigenvalue weighted by atomic mass is 10.2. The first-order chi connectivity index (χ1) is 8.24. The van der Waals surface area contributed by atoms with Crippen molar-refractivity contribution in [2.45, 2.75) is 25.7 Å². The van der Waals surface area contributed by atoms with Crippen molar-refractivity contribution in [2.24, 2.45) is 12.8 Å². The smallest absolute Gasteiger partial charge is 0.151 e. The molecule has 0 saturated heterocycles. The van der Waals surface area contributed by atoms with E-state index in [0.717, 1.165) is 43.6 Å². The lowest BCUT2D eigenvalue weighted by Gasteiger charge is -2.01. The number of unbranched alkanes of at least 4 members (excludes halogenated alkanes) is 2. The van der Waals surface area contributed by atoms with E-state index in [1.807, 2.05) is 17.7 Å². The molecule has 2 rings (SSSR count). The molecule has 1 aromatic carbocycles. The van der Waals surface area contributed by atoms with Gasteiger partial charge in [-0.3, -0.25) is 0 Å². The summed E-state index contributed by atoms with van der Waals surface area (Å²) in [5.74, 6) is 0.702. The van der Waals surface area contributed by atoms with Crippen LogP contribution >= 0.6 is 0 Å². The molecule has 0 fully saturated rings. The van der Waals surface area contributed by atoms with Crippen molar-refractivity contribution in [3.05, 3.63) is 29.8 Å². The Morgan fingerprint density at radius 3 is 2.82 bits per heavy atom. The van der Waals surface area contributed by atoms with Gasteiger partial charge in [-0.15, -0.1) is 0 Å². The van der Waals surface area contributed by atoms with Gasteiger partial charge < -0.3 is 10.3 Å². The van der Waals surface area contributed by atoms with E-state index in [1.54, 1.807) is 6.07 Å². The summed E-state index contributed by atoms with van der Waals surface area (Å²) in [4.78, 5) is 4.37. The molecule has 4 heteroatoms. The fraction of sp³-hybridized carbons (Fsp3) is 0.462. The van der Waals surface area contributed by atoms with Gasteiger partial charge in [0.1, 0.15) is 11.3 Å². The number of aryl methyl sites for hydroxylation is 2. The highest BCUT2D eigenvalue weighted by Crippen LogP contribution is 2.19. The van der Waals surface area contributed by atoms with E-state index in [0.29, 0.717) is 5.52 Å². The van der Waals surface area contributed by atoms with Crippen LogP contribution in [0, 0.1) is 5.82 Å². The second kappa shape index (κ2) is 5.27. The Labute approximate surface area is 100 Å². The van der Waals surface area contributed by atoms with Gasteiger partial charge in [-0.2, -0.15) is 0 Å². The topological polar surface area (TPSA) is 43.8 Å². The van der Waals surface area contributed by atoms with Crippen LogP contribution in [0.25, 0.3) is 11.0 Å². The van der Waals surface area contributed by atoms with Crippen molar-refractivity contribution < 1.29 is 4.39 Å². The minimum Gasteiger partial charge on any atom is -0.331 e. The molecule has 1 heterocycles. The van der Waals surface area contributed by atoms with E-state index >= 15 is 0 Å². The Morgan fingerprint density at radius 2 is 2.12 bits per heavy atom. The summed E-state index contributed by atoms with van der Waals surface area (Å²) in [6.07, 6.45) is 4.07. The van der Waals surface area contributed by atoms with Crippen LogP contribution in [0.1, 0.15) is 25.1 Å². The molecule has 0 spiro atoms. The predicted molar refractivity (Wildman–Crippen MR) is 67.3 cm³/mol. The fourth-order valence-electron chi connectivity index (χ4n) is 2.06. The molecule has 0 bridgehead atoms. The number of hydrogen-bond acceptors (Lipinski definition) is 2. The SMILES string of the molecule is Cn1c(CCCCCN)nc2c(F)cccc21. The summed E-state index contributed by atoms with van der Waals surface area (Å²) < 4.78 is 15.5. The highest BCUT2D eigenvalue weighted by molar-refractivity contribution is 5.76. The summed E-state index contributed by atoms with van der Waals surface area (Å²) in [5, 5.41) is 0. The van der Waals surface area contributed by atoms with Gasteiger partial charge in [-0.1, -0.05) is 12.5 Å². The van der Waals surface area contributed by atoms with Crippen molar-refractivity contribution in [3.8, 4) is 0 Å². The van der Waals surface area contributed by atoms with Gasteiger partial charge in [0.05, 0.1) is 5.52 Å². The van der Waals surface area contributed by atoms with Crippen molar-refractivity contribution in [1.29, 1.82) is 0 Å². The quantitative estimate of drug-likeness (QED) is 0.809. The summed E-state index contributed by atoms with van der Waals surface area (Å²) in [6, 6.07) is 5.07. The number of hydrogen-bond donors (Lipinski definition) is 1. The molecular formula is C13H18FN3. The molecule has 0 amide bonds. The predicted octanol–water partition coefficient (Wildman–Crippen LogP) is 2.38. The van der Waals surface area contributed by atoms with Gasteiger partial charge in [0.25, 0.3) is 0 Å². The van der Waals surface area contributed by atoms with Crippen LogP contribution in [0.4, 0.5) is 4.39 Å². The second-order valence-electron chi connectivity index (χ2n) is 4.29. The van der Waals surface area contributed by atoms with E-state index in [-0.39, 0.29) is 5.82 Å². The van der Waals surface area contributed by atoms with E-state index in [2.05, 4.69) is 4.98 Å². The first-order valence-electron chi connectivity index (χ1n) is 6.04. The molecule has 3 nitrogen and oxygen atoms in total. The summed E-state index contributed by atoms with van der Waals surface area (Å²) in [6.45, 7) is 0.733. The first kappa shape index (κ1) is 12.0.